The van der Waals surface area contributed by atoms with Gasteiger partial charge in [-0.05, 0) is 42.2 Å². The van der Waals surface area contributed by atoms with Gasteiger partial charge in [0.15, 0.2) is 5.78 Å². The fourth-order valence-corrected chi connectivity index (χ4v) is 2.74. The van der Waals surface area contributed by atoms with Crippen LogP contribution in [0.2, 0.25) is 0 Å². The zero-order chi connectivity index (χ0) is 13.4. The van der Waals surface area contributed by atoms with Crippen molar-refractivity contribution in [1.29, 1.82) is 0 Å². The maximum absolute atomic E-state index is 12.2. The molecule has 3 heteroatoms. The first-order chi connectivity index (χ1) is 9.22. The van der Waals surface area contributed by atoms with E-state index in [1.54, 1.807) is 13.3 Å². The molecule has 96 valence electrons. The number of aromatic nitrogens is 1. The minimum absolute atomic E-state index is 0.222. The van der Waals surface area contributed by atoms with Gasteiger partial charge in [-0.25, -0.2) is 4.98 Å². The first-order valence-electron chi connectivity index (χ1n) is 6.37. The molecule has 2 aromatic rings. The van der Waals surface area contributed by atoms with E-state index >= 15 is 0 Å². The number of rotatable bonds is 2. The van der Waals surface area contributed by atoms with Gasteiger partial charge in [0, 0.05) is 23.7 Å². The Bertz CT molecular complexity index is 662. The van der Waals surface area contributed by atoms with Gasteiger partial charge < -0.3 is 4.74 Å². The van der Waals surface area contributed by atoms with Gasteiger partial charge in [-0.3, -0.25) is 4.79 Å². The Morgan fingerprint density at radius 2 is 2.00 bits per heavy atom. The number of aryl methyl sites for hydroxylation is 1. The predicted molar refractivity (Wildman–Crippen MR) is 73.6 cm³/mol. The number of ketones is 1. The average molecular weight is 253 g/mol. The van der Waals surface area contributed by atoms with Crippen LogP contribution in [0.25, 0.3) is 11.1 Å². The number of carbonyl (C=O) groups excluding carboxylic acids is 1. The molecule has 0 saturated carbocycles. The molecule has 3 rings (SSSR count). The Morgan fingerprint density at radius 3 is 2.79 bits per heavy atom. The summed E-state index contributed by atoms with van der Waals surface area (Å²) < 4.78 is 5.30. The van der Waals surface area contributed by atoms with Gasteiger partial charge in [-0.15, -0.1) is 0 Å². The molecule has 1 aromatic carbocycles. The van der Waals surface area contributed by atoms with Gasteiger partial charge in [0.2, 0.25) is 5.88 Å². The van der Waals surface area contributed by atoms with Gasteiger partial charge in [-0.2, -0.15) is 0 Å². The summed E-state index contributed by atoms with van der Waals surface area (Å²) in [5.74, 6) is 0.785. The molecule has 0 N–H and O–H groups in total. The Morgan fingerprint density at radius 1 is 1.16 bits per heavy atom. The lowest BCUT2D eigenvalue weighted by atomic mass is 9.94. The molecule has 0 radical (unpaired) electrons. The third-order valence-corrected chi connectivity index (χ3v) is 3.68. The van der Waals surface area contributed by atoms with Crippen molar-refractivity contribution in [3.63, 3.8) is 0 Å². The second kappa shape index (κ2) is 4.50. The van der Waals surface area contributed by atoms with Crippen molar-refractivity contribution in [2.75, 3.05) is 7.11 Å². The van der Waals surface area contributed by atoms with Crippen LogP contribution in [-0.4, -0.2) is 17.9 Å². The highest BCUT2D eigenvalue weighted by molar-refractivity contribution is 6.07. The van der Waals surface area contributed by atoms with E-state index in [-0.39, 0.29) is 5.78 Å². The Hall–Kier alpha value is -2.16. The quantitative estimate of drug-likeness (QED) is 0.825. The molecule has 1 aliphatic rings. The number of nitrogens with zero attached hydrogens (tertiary/aromatic N) is 1. The fourth-order valence-electron chi connectivity index (χ4n) is 2.74. The van der Waals surface area contributed by atoms with E-state index in [1.165, 1.54) is 11.1 Å². The van der Waals surface area contributed by atoms with Crippen molar-refractivity contribution in [1.82, 2.24) is 4.98 Å². The minimum Gasteiger partial charge on any atom is -0.481 e. The number of hydrogen-bond acceptors (Lipinski definition) is 3. The standard InChI is InChI=1S/C16H15NO2/c1-10-5-6-12(15-11(10)7-8-14(15)18)13-4-3-9-17-16(13)19-2/h3-6,9H,7-8H2,1-2H3. The zero-order valence-corrected chi connectivity index (χ0v) is 11.1. The molecule has 1 heterocycles. The van der Waals surface area contributed by atoms with Crippen LogP contribution in [0, 0.1) is 6.92 Å². The number of methoxy groups -OCH3 is 1. The van der Waals surface area contributed by atoms with Crippen LogP contribution >= 0.6 is 0 Å². The molecule has 3 nitrogen and oxygen atoms in total. The third-order valence-electron chi connectivity index (χ3n) is 3.68. The third kappa shape index (κ3) is 1.82. The normalized spacial score (nSPS) is 13.5. The Labute approximate surface area is 112 Å². The number of benzene rings is 1. The maximum atomic E-state index is 12.2. The van der Waals surface area contributed by atoms with Gasteiger partial charge in [0.1, 0.15) is 0 Å². The van der Waals surface area contributed by atoms with E-state index in [0.29, 0.717) is 12.3 Å². The SMILES string of the molecule is COc1ncccc1-c1ccc(C)c2c1C(=O)CC2. The minimum atomic E-state index is 0.222. The molecule has 0 amide bonds. The summed E-state index contributed by atoms with van der Waals surface area (Å²) in [6.07, 6.45) is 3.14. The van der Waals surface area contributed by atoms with Gasteiger partial charge >= 0.3 is 0 Å². The van der Waals surface area contributed by atoms with Crippen LogP contribution < -0.4 is 4.74 Å². The van der Waals surface area contributed by atoms with E-state index in [1.807, 2.05) is 18.2 Å². The molecular formula is C16H15NO2. The van der Waals surface area contributed by atoms with Crippen molar-refractivity contribution in [2.45, 2.75) is 19.8 Å². The van der Waals surface area contributed by atoms with Crippen LogP contribution in [0.4, 0.5) is 0 Å². The molecule has 0 saturated heterocycles. The lowest BCUT2D eigenvalue weighted by Crippen LogP contribution is -1.99. The first kappa shape index (κ1) is 11.9. The van der Waals surface area contributed by atoms with Gasteiger partial charge in [0.05, 0.1) is 7.11 Å². The van der Waals surface area contributed by atoms with E-state index in [4.69, 9.17) is 4.74 Å². The number of fused-ring (bicyclic) bond motifs is 1. The largest absolute Gasteiger partial charge is 0.481 e. The van der Waals surface area contributed by atoms with Crippen molar-refractivity contribution in [3.05, 3.63) is 47.2 Å². The number of Topliss-reactive ketones (excluding diaryl/α,β-unsaturated/α-hetero) is 1. The summed E-state index contributed by atoms with van der Waals surface area (Å²) in [6, 6.07) is 7.88. The molecule has 0 aliphatic heterocycles. The van der Waals surface area contributed by atoms with E-state index in [0.717, 1.165) is 23.1 Å². The van der Waals surface area contributed by atoms with Gasteiger partial charge in [0.25, 0.3) is 0 Å². The van der Waals surface area contributed by atoms with Crippen LogP contribution in [0.5, 0.6) is 5.88 Å². The van der Waals surface area contributed by atoms with E-state index in [9.17, 15) is 4.79 Å². The molecule has 0 unspecified atom stereocenters. The van der Waals surface area contributed by atoms with E-state index in [2.05, 4.69) is 18.0 Å². The highest BCUT2D eigenvalue weighted by Crippen LogP contribution is 2.37. The average Bonchev–Trinajstić information content (AvgIpc) is 2.83. The monoisotopic (exact) mass is 253 g/mol. The number of pyridine rings is 1. The van der Waals surface area contributed by atoms with Gasteiger partial charge in [-0.1, -0.05) is 12.1 Å². The van der Waals surface area contributed by atoms with Crippen LogP contribution in [0.15, 0.2) is 30.5 Å². The summed E-state index contributed by atoms with van der Waals surface area (Å²) in [5, 5.41) is 0. The highest BCUT2D eigenvalue weighted by Gasteiger charge is 2.26. The predicted octanol–water partition coefficient (Wildman–Crippen LogP) is 3.19. The molecule has 1 aliphatic carbocycles. The summed E-state index contributed by atoms with van der Waals surface area (Å²) in [4.78, 5) is 16.4. The van der Waals surface area contributed by atoms with E-state index < -0.39 is 0 Å². The molecule has 0 spiro atoms. The zero-order valence-electron chi connectivity index (χ0n) is 11.1. The van der Waals surface area contributed by atoms with Crippen molar-refractivity contribution >= 4 is 5.78 Å². The van der Waals surface area contributed by atoms with Crippen LogP contribution in [0.1, 0.15) is 27.9 Å². The molecule has 0 fully saturated rings. The summed E-state index contributed by atoms with van der Waals surface area (Å²) in [7, 11) is 1.60. The molecule has 0 bridgehead atoms. The first-order valence-corrected chi connectivity index (χ1v) is 6.37. The number of carbonyl (C=O) groups is 1. The molecule has 1 aromatic heterocycles. The van der Waals surface area contributed by atoms with Crippen molar-refractivity contribution in [2.24, 2.45) is 0 Å². The topological polar surface area (TPSA) is 39.2 Å². The highest BCUT2D eigenvalue weighted by atomic mass is 16.5. The van der Waals surface area contributed by atoms with Crippen LogP contribution in [0.3, 0.4) is 0 Å². The lowest BCUT2D eigenvalue weighted by Gasteiger charge is -2.12. The number of hydrogen-bond donors (Lipinski definition) is 0. The van der Waals surface area contributed by atoms with Crippen LogP contribution in [-0.2, 0) is 6.42 Å². The lowest BCUT2D eigenvalue weighted by molar-refractivity contribution is 0.0995. The number of ether oxygens (including phenoxy) is 1. The second-order valence-corrected chi connectivity index (χ2v) is 4.77. The van der Waals surface area contributed by atoms with Crippen molar-refractivity contribution < 1.29 is 9.53 Å². The summed E-state index contributed by atoms with van der Waals surface area (Å²) in [6.45, 7) is 2.06. The molecule has 0 atom stereocenters. The Balaban J connectivity index is 2.27. The summed E-state index contributed by atoms with van der Waals surface area (Å²) >= 11 is 0. The molecule has 19 heavy (non-hydrogen) atoms. The smallest absolute Gasteiger partial charge is 0.221 e. The fraction of sp³-hybridized carbons (Fsp3) is 0.250. The second-order valence-electron chi connectivity index (χ2n) is 4.77. The maximum Gasteiger partial charge on any atom is 0.221 e. The summed E-state index contributed by atoms with van der Waals surface area (Å²) in [5.41, 5.74) is 5.04. The van der Waals surface area contributed by atoms with Crippen molar-refractivity contribution in [3.8, 4) is 17.0 Å². The molecular weight excluding hydrogens is 238 g/mol. The Kier molecular flexibility index (Phi) is 2.82.